The van der Waals surface area contributed by atoms with E-state index in [0.717, 1.165) is 18.6 Å². The Morgan fingerprint density at radius 3 is 2.88 bits per heavy atom. The van der Waals surface area contributed by atoms with Crippen LogP contribution in [0.3, 0.4) is 0 Å². The maximum absolute atomic E-state index is 13.2. The summed E-state index contributed by atoms with van der Waals surface area (Å²) in [7, 11) is -3.78. The summed E-state index contributed by atoms with van der Waals surface area (Å²) in [6.45, 7) is 0.163. The van der Waals surface area contributed by atoms with Crippen LogP contribution in [-0.2, 0) is 20.6 Å². The van der Waals surface area contributed by atoms with Gasteiger partial charge >= 0.3 is 5.97 Å². The number of nitriles is 1. The molecule has 3 rings (SSSR count). The molecule has 1 aliphatic heterocycles. The molecule has 0 unspecified atom stereocenters. The molecule has 0 spiro atoms. The third-order valence-corrected chi connectivity index (χ3v) is 6.93. The van der Waals surface area contributed by atoms with Crippen molar-refractivity contribution in [2.75, 3.05) is 13.1 Å². The van der Waals surface area contributed by atoms with Gasteiger partial charge in [0.2, 0.25) is 10.0 Å². The van der Waals surface area contributed by atoms with E-state index in [-0.39, 0.29) is 30.1 Å². The molecule has 0 amide bonds. The molecule has 1 aromatic carbocycles. The number of hydrogen-bond donors (Lipinski definition) is 1. The second-order valence-corrected chi connectivity index (χ2v) is 8.48. The number of carbonyl (C=O) groups is 1. The fourth-order valence-corrected chi connectivity index (χ4v) is 5.53. The van der Waals surface area contributed by atoms with Crippen molar-refractivity contribution in [3.8, 4) is 6.07 Å². The Kier molecular flexibility index (Phi) is 4.10. The van der Waals surface area contributed by atoms with Gasteiger partial charge in [-0.1, -0.05) is 12.5 Å². The van der Waals surface area contributed by atoms with Crippen LogP contribution in [0.2, 0.25) is 0 Å². The standard InChI is InChI=1S/C16H17FN2O4S/c17-14-4-3-11(12(6-14)7-18)9-24(22,23)19-8-13-2-1-5-16(13,10-19)15(20)21/h3-4,6,13H,1-2,5,8-10H2,(H,20,21)/t13-,16+/m0/s1. The quantitative estimate of drug-likeness (QED) is 0.889. The first kappa shape index (κ1) is 16.9. The number of carboxylic acids is 1. The molecule has 128 valence electrons. The highest BCUT2D eigenvalue weighted by atomic mass is 32.2. The van der Waals surface area contributed by atoms with Crippen molar-refractivity contribution in [2.45, 2.75) is 25.0 Å². The number of aliphatic carboxylic acids is 1. The molecule has 8 heteroatoms. The minimum Gasteiger partial charge on any atom is -0.481 e. The zero-order valence-corrected chi connectivity index (χ0v) is 13.7. The van der Waals surface area contributed by atoms with Gasteiger partial charge in [0.25, 0.3) is 0 Å². The lowest BCUT2D eigenvalue weighted by Gasteiger charge is -2.23. The summed E-state index contributed by atoms with van der Waals surface area (Å²) in [6, 6.07) is 5.20. The first-order chi connectivity index (χ1) is 11.3. The Hall–Kier alpha value is -1.98. The summed E-state index contributed by atoms with van der Waals surface area (Å²) < 4.78 is 39.8. The van der Waals surface area contributed by atoms with E-state index in [1.54, 1.807) is 6.07 Å². The topological polar surface area (TPSA) is 98.5 Å². The molecule has 1 saturated heterocycles. The second-order valence-electron chi connectivity index (χ2n) is 6.51. The van der Waals surface area contributed by atoms with E-state index in [1.165, 1.54) is 10.4 Å². The van der Waals surface area contributed by atoms with Crippen LogP contribution in [0.4, 0.5) is 4.39 Å². The van der Waals surface area contributed by atoms with Gasteiger partial charge < -0.3 is 5.11 Å². The Bertz CT molecular complexity index is 833. The van der Waals surface area contributed by atoms with E-state index >= 15 is 0 Å². The van der Waals surface area contributed by atoms with Gasteiger partial charge in [0, 0.05) is 13.1 Å². The van der Waals surface area contributed by atoms with Gasteiger partial charge in [0.05, 0.1) is 22.8 Å². The SMILES string of the molecule is N#Cc1cc(F)ccc1CS(=O)(=O)N1C[C@@H]2CCC[C@@]2(C(=O)O)C1. The van der Waals surface area contributed by atoms with Crippen LogP contribution in [-0.4, -0.2) is 36.9 Å². The molecule has 1 saturated carbocycles. The fourth-order valence-electron chi connectivity index (χ4n) is 3.87. The summed E-state index contributed by atoms with van der Waals surface area (Å²) in [5, 5.41) is 18.6. The Morgan fingerprint density at radius 1 is 1.50 bits per heavy atom. The summed E-state index contributed by atoms with van der Waals surface area (Å²) in [6.07, 6.45) is 1.98. The molecule has 0 aromatic heterocycles. The monoisotopic (exact) mass is 352 g/mol. The Labute approximate surface area is 139 Å². The molecular weight excluding hydrogens is 335 g/mol. The van der Waals surface area contributed by atoms with E-state index in [2.05, 4.69) is 0 Å². The molecule has 2 aliphatic rings. The number of fused-ring (bicyclic) bond motifs is 1. The number of halogens is 1. The van der Waals surface area contributed by atoms with Crippen LogP contribution in [0.5, 0.6) is 0 Å². The van der Waals surface area contributed by atoms with Crippen LogP contribution in [0, 0.1) is 28.5 Å². The lowest BCUT2D eigenvalue weighted by atomic mass is 9.81. The highest BCUT2D eigenvalue weighted by Crippen LogP contribution is 2.49. The number of carboxylic acid groups (broad SMARTS) is 1. The van der Waals surface area contributed by atoms with Gasteiger partial charge in [-0.25, -0.2) is 17.1 Å². The number of benzene rings is 1. The Morgan fingerprint density at radius 2 is 2.25 bits per heavy atom. The third kappa shape index (κ3) is 2.68. The highest BCUT2D eigenvalue weighted by Gasteiger charge is 2.57. The predicted molar refractivity (Wildman–Crippen MR) is 82.7 cm³/mol. The van der Waals surface area contributed by atoms with E-state index in [4.69, 9.17) is 5.26 Å². The van der Waals surface area contributed by atoms with Gasteiger partial charge in [-0.2, -0.15) is 5.26 Å². The first-order valence-corrected chi connectivity index (χ1v) is 9.29. The minimum atomic E-state index is -3.78. The molecule has 0 bridgehead atoms. The normalized spacial score (nSPS) is 26.9. The summed E-state index contributed by atoms with van der Waals surface area (Å²) in [5.74, 6) is -2.15. The van der Waals surface area contributed by atoms with Crippen LogP contribution in [0.25, 0.3) is 0 Å². The number of nitrogens with zero attached hydrogens (tertiary/aromatic N) is 2. The number of hydrogen-bond acceptors (Lipinski definition) is 4. The molecule has 1 aromatic rings. The van der Waals surface area contributed by atoms with Crippen molar-refractivity contribution < 1.29 is 22.7 Å². The molecule has 6 nitrogen and oxygen atoms in total. The van der Waals surface area contributed by atoms with Crippen LogP contribution in [0.15, 0.2) is 18.2 Å². The molecule has 0 radical (unpaired) electrons. The van der Waals surface area contributed by atoms with Crippen molar-refractivity contribution in [3.05, 3.63) is 35.1 Å². The Balaban J connectivity index is 1.86. The van der Waals surface area contributed by atoms with Gasteiger partial charge in [-0.15, -0.1) is 0 Å². The predicted octanol–water partition coefficient (Wildman–Crippen LogP) is 1.71. The van der Waals surface area contributed by atoms with Gasteiger partial charge in [-0.3, -0.25) is 4.79 Å². The third-order valence-electron chi connectivity index (χ3n) is 5.19. The van der Waals surface area contributed by atoms with Crippen LogP contribution >= 0.6 is 0 Å². The maximum atomic E-state index is 13.2. The smallest absolute Gasteiger partial charge is 0.311 e. The average molecular weight is 352 g/mol. The molecule has 2 fully saturated rings. The molecule has 1 heterocycles. The van der Waals surface area contributed by atoms with Crippen LogP contribution in [0.1, 0.15) is 30.4 Å². The average Bonchev–Trinajstić information content (AvgIpc) is 3.07. The lowest BCUT2D eigenvalue weighted by molar-refractivity contribution is -0.149. The number of rotatable bonds is 4. The lowest BCUT2D eigenvalue weighted by Crippen LogP contribution is -2.37. The van der Waals surface area contributed by atoms with Crippen molar-refractivity contribution in [3.63, 3.8) is 0 Å². The highest BCUT2D eigenvalue weighted by molar-refractivity contribution is 7.88. The molecular formula is C16H17FN2O4S. The van der Waals surface area contributed by atoms with Crippen molar-refractivity contribution >= 4 is 16.0 Å². The molecule has 1 aliphatic carbocycles. The van der Waals surface area contributed by atoms with E-state index < -0.39 is 33.0 Å². The minimum absolute atomic E-state index is 0.0223. The van der Waals surface area contributed by atoms with E-state index in [9.17, 15) is 22.7 Å². The van der Waals surface area contributed by atoms with Gasteiger partial charge in [0.15, 0.2) is 0 Å². The van der Waals surface area contributed by atoms with E-state index in [0.29, 0.717) is 12.8 Å². The molecule has 24 heavy (non-hydrogen) atoms. The van der Waals surface area contributed by atoms with Crippen molar-refractivity contribution in [1.82, 2.24) is 4.31 Å². The summed E-state index contributed by atoms with van der Waals surface area (Å²) in [5.41, 5.74) is -0.792. The van der Waals surface area contributed by atoms with Crippen molar-refractivity contribution in [1.29, 1.82) is 5.26 Å². The number of sulfonamides is 1. The van der Waals surface area contributed by atoms with Gasteiger partial charge in [0.1, 0.15) is 5.82 Å². The zero-order chi connectivity index (χ0) is 17.5. The first-order valence-electron chi connectivity index (χ1n) is 7.68. The summed E-state index contributed by atoms with van der Waals surface area (Å²) >= 11 is 0. The molecule has 1 N–H and O–H groups in total. The zero-order valence-electron chi connectivity index (χ0n) is 12.9. The van der Waals surface area contributed by atoms with E-state index in [1.807, 2.05) is 0 Å². The summed E-state index contributed by atoms with van der Waals surface area (Å²) in [4.78, 5) is 11.7. The second kappa shape index (κ2) is 5.83. The fraction of sp³-hybridized carbons (Fsp3) is 0.500. The van der Waals surface area contributed by atoms with Crippen LogP contribution < -0.4 is 0 Å². The van der Waals surface area contributed by atoms with Gasteiger partial charge in [-0.05, 0) is 36.5 Å². The van der Waals surface area contributed by atoms with Crippen molar-refractivity contribution in [2.24, 2.45) is 11.3 Å². The maximum Gasteiger partial charge on any atom is 0.311 e. The largest absolute Gasteiger partial charge is 0.481 e. The molecule has 2 atom stereocenters.